The molecule has 4 rings (SSSR count). The van der Waals surface area contributed by atoms with E-state index in [0.29, 0.717) is 58.6 Å². The third-order valence-corrected chi connectivity index (χ3v) is 9.38. The van der Waals surface area contributed by atoms with Crippen LogP contribution in [0.4, 0.5) is 0 Å². The van der Waals surface area contributed by atoms with Gasteiger partial charge in [-0.05, 0) is 55.6 Å². The van der Waals surface area contributed by atoms with Crippen LogP contribution in [-0.2, 0) is 46.3 Å². The number of aryl methyl sites for hydroxylation is 1. The largest absolute Gasteiger partial charge is 0.379 e. The predicted molar refractivity (Wildman–Crippen MR) is 198 cm³/mol. The molecule has 2 saturated heterocycles. The molecule has 0 radical (unpaired) electrons. The van der Waals surface area contributed by atoms with Crippen LogP contribution in [0.3, 0.4) is 0 Å². The quantitative estimate of drug-likeness (QED) is 0.152. The molecule has 5 atom stereocenters. The highest BCUT2D eigenvalue weighted by Crippen LogP contribution is 2.29. The third-order valence-electron chi connectivity index (χ3n) is 9.38. The van der Waals surface area contributed by atoms with Crippen molar-refractivity contribution >= 4 is 29.4 Å². The number of hydrogen-bond acceptors (Lipinski definition) is 8. The molecule has 0 saturated carbocycles. The molecule has 0 aromatic heterocycles. The summed E-state index contributed by atoms with van der Waals surface area (Å²) in [5.74, 6) is -1.83. The maximum atomic E-state index is 14.1. The molecule has 2 aliphatic heterocycles. The molecule has 52 heavy (non-hydrogen) atoms. The van der Waals surface area contributed by atoms with Gasteiger partial charge in [-0.15, -0.1) is 0 Å². The second-order valence-electron chi connectivity index (χ2n) is 15.0. The zero-order valence-corrected chi connectivity index (χ0v) is 31.3. The van der Waals surface area contributed by atoms with E-state index in [0.717, 1.165) is 11.1 Å². The van der Waals surface area contributed by atoms with Crippen molar-refractivity contribution in [3.8, 4) is 0 Å². The molecule has 0 aliphatic carbocycles. The lowest BCUT2D eigenvalue weighted by Gasteiger charge is -2.29. The van der Waals surface area contributed by atoms with E-state index in [1.54, 1.807) is 6.92 Å². The summed E-state index contributed by atoms with van der Waals surface area (Å²) in [6.45, 7) is 12.3. The van der Waals surface area contributed by atoms with E-state index in [-0.39, 0.29) is 36.5 Å². The maximum absolute atomic E-state index is 14.1. The average molecular weight is 720 g/mol. The van der Waals surface area contributed by atoms with Crippen molar-refractivity contribution in [3.05, 3.63) is 71.8 Å². The summed E-state index contributed by atoms with van der Waals surface area (Å²) in [4.78, 5) is 70.5. The van der Waals surface area contributed by atoms with Crippen molar-refractivity contribution in [2.45, 2.75) is 96.5 Å². The first kappa shape index (κ1) is 40.6. The summed E-state index contributed by atoms with van der Waals surface area (Å²) >= 11 is 0. The smallest absolute Gasteiger partial charge is 0.243 e. The molecule has 0 spiro atoms. The summed E-state index contributed by atoms with van der Waals surface area (Å²) in [6.07, 6.45) is 1.76. The molecule has 2 heterocycles. The molecule has 2 fully saturated rings. The SMILES string of the molecule is CC(C)C[C@H](NC(=O)[C@@H](CCc1ccccc1)NC(=O)CN1CCOCC1)C(=O)N[C@H](Cc1ccccc1)C(=O)N[C@@H](CC(C)C)C(=O)[C@@]1(C)CO1. The summed E-state index contributed by atoms with van der Waals surface area (Å²) in [5.41, 5.74) is 0.915. The van der Waals surface area contributed by atoms with Crippen LogP contribution in [0.2, 0.25) is 0 Å². The van der Waals surface area contributed by atoms with Crippen molar-refractivity contribution in [1.29, 1.82) is 0 Å². The Hall–Kier alpha value is -4.13. The number of amides is 4. The van der Waals surface area contributed by atoms with Crippen LogP contribution in [-0.4, -0.2) is 104 Å². The van der Waals surface area contributed by atoms with Crippen LogP contribution in [0.25, 0.3) is 0 Å². The average Bonchev–Trinajstić information content (AvgIpc) is 3.87. The van der Waals surface area contributed by atoms with E-state index in [4.69, 9.17) is 9.47 Å². The second kappa shape index (κ2) is 19.6. The number of hydrogen-bond donors (Lipinski definition) is 4. The fourth-order valence-electron chi connectivity index (χ4n) is 6.33. The topological polar surface area (TPSA) is 158 Å². The van der Waals surface area contributed by atoms with E-state index in [1.807, 2.05) is 93.3 Å². The number of ether oxygens (including phenoxy) is 2. The van der Waals surface area contributed by atoms with E-state index >= 15 is 0 Å². The second-order valence-corrected chi connectivity index (χ2v) is 15.0. The molecule has 2 aliphatic rings. The first-order valence-corrected chi connectivity index (χ1v) is 18.6. The molecular weight excluding hydrogens is 662 g/mol. The van der Waals surface area contributed by atoms with Crippen molar-refractivity contribution in [2.75, 3.05) is 39.5 Å². The first-order chi connectivity index (χ1) is 24.8. The van der Waals surface area contributed by atoms with Crippen LogP contribution in [0.15, 0.2) is 60.7 Å². The lowest BCUT2D eigenvalue weighted by atomic mass is 9.93. The molecule has 4 N–H and O–H groups in total. The Bertz CT molecular complexity index is 1480. The van der Waals surface area contributed by atoms with Gasteiger partial charge >= 0.3 is 0 Å². The normalized spacial score (nSPS) is 19.6. The van der Waals surface area contributed by atoms with Gasteiger partial charge in [-0.3, -0.25) is 28.9 Å². The Morgan fingerprint density at radius 2 is 1.19 bits per heavy atom. The summed E-state index contributed by atoms with van der Waals surface area (Å²) < 4.78 is 10.8. The van der Waals surface area contributed by atoms with Crippen LogP contribution in [0.1, 0.15) is 65.0 Å². The summed E-state index contributed by atoms with van der Waals surface area (Å²) in [7, 11) is 0. The number of nitrogens with zero attached hydrogens (tertiary/aromatic N) is 1. The fraction of sp³-hybridized carbons (Fsp3) is 0.575. The lowest BCUT2D eigenvalue weighted by Crippen LogP contribution is -2.59. The van der Waals surface area contributed by atoms with Gasteiger partial charge in [-0.2, -0.15) is 0 Å². The number of epoxide rings is 1. The fourth-order valence-corrected chi connectivity index (χ4v) is 6.33. The van der Waals surface area contributed by atoms with E-state index < -0.39 is 47.5 Å². The number of ketones is 1. The van der Waals surface area contributed by atoms with E-state index in [9.17, 15) is 24.0 Å². The zero-order chi connectivity index (χ0) is 37.7. The highest BCUT2D eigenvalue weighted by Gasteiger charge is 2.50. The van der Waals surface area contributed by atoms with E-state index in [2.05, 4.69) is 21.3 Å². The van der Waals surface area contributed by atoms with Gasteiger partial charge in [0.25, 0.3) is 0 Å². The van der Waals surface area contributed by atoms with Crippen molar-refractivity contribution < 1.29 is 33.4 Å². The van der Waals surface area contributed by atoms with Crippen molar-refractivity contribution in [1.82, 2.24) is 26.2 Å². The third kappa shape index (κ3) is 13.1. The Morgan fingerprint density at radius 3 is 1.77 bits per heavy atom. The Kier molecular flexibility index (Phi) is 15.3. The lowest BCUT2D eigenvalue weighted by molar-refractivity contribution is -0.135. The highest BCUT2D eigenvalue weighted by atomic mass is 16.6. The molecular formula is C40H57N5O7. The molecule has 0 unspecified atom stereocenters. The molecule has 0 bridgehead atoms. The number of carbonyl (C=O) groups excluding carboxylic acids is 5. The van der Waals surface area contributed by atoms with Crippen LogP contribution in [0.5, 0.6) is 0 Å². The zero-order valence-electron chi connectivity index (χ0n) is 31.3. The van der Waals surface area contributed by atoms with Gasteiger partial charge in [-0.1, -0.05) is 88.4 Å². The van der Waals surface area contributed by atoms with Gasteiger partial charge in [0, 0.05) is 19.5 Å². The van der Waals surface area contributed by atoms with Crippen LogP contribution >= 0.6 is 0 Å². The number of rotatable bonds is 20. The van der Waals surface area contributed by atoms with Crippen LogP contribution < -0.4 is 21.3 Å². The Balaban J connectivity index is 1.51. The van der Waals surface area contributed by atoms with Crippen molar-refractivity contribution in [3.63, 3.8) is 0 Å². The monoisotopic (exact) mass is 719 g/mol. The molecule has 2 aromatic rings. The number of Topliss-reactive ketones (excluding diaryl/α,β-unsaturated/α-hetero) is 1. The molecule has 12 nitrogen and oxygen atoms in total. The standard InChI is InChI=1S/C40H57N5O7/c1-27(2)22-32(36(47)40(5)26-52-40)42-39(50)34(24-30-14-10-7-11-15-30)44-38(49)33(23-28(3)4)43-37(48)31(17-16-29-12-8-6-9-13-29)41-35(46)25-45-18-20-51-21-19-45/h6-15,27-28,31-34H,16-26H2,1-5H3,(H,41,46)(H,42,50)(H,43,48)(H,44,49)/t31-,32+,33+,34-,40-/m1/s1. The maximum Gasteiger partial charge on any atom is 0.243 e. The minimum atomic E-state index is -1.03. The molecule has 284 valence electrons. The minimum absolute atomic E-state index is 0.0171. The summed E-state index contributed by atoms with van der Waals surface area (Å²) in [6, 6.07) is 15.3. The molecule has 2 aromatic carbocycles. The van der Waals surface area contributed by atoms with Crippen molar-refractivity contribution in [2.24, 2.45) is 11.8 Å². The number of morpholine rings is 1. The van der Waals surface area contributed by atoms with Gasteiger partial charge < -0.3 is 30.7 Å². The molecule has 12 heteroatoms. The predicted octanol–water partition coefficient (Wildman–Crippen LogP) is 2.58. The van der Waals surface area contributed by atoms with Gasteiger partial charge in [0.1, 0.15) is 23.7 Å². The van der Waals surface area contributed by atoms with Gasteiger partial charge in [0.2, 0.25) is 23.6 Å². The van der Waals surface area contributed by atoms with Gasteiger partial charge in [0.15, 0.2) is 5.78 Å². The first-order valence-electron chi connectivity index (χ1n) is 18.6. The number of carbonyl (C=O) groups is 5. The minimum Gasteiger partial charge on any atom is -0.379 e. The number of benzene rings is 2. The van der Waals surface area contributed by atoms with Gasteiger partial charge in [-0.25, -0.2) is 0 Å². The van der Waals surface area contributed by atoms with Crippen LogP contribution in [0, 0.1) is 11.8 Å². The summed E-state index contributed by atoms with van der Waals surface area (Å²) in [5, 5.41) is 11.7. The Morgan fingerprint density at radius 1 is 0.692 bits per heavy atom. The number of nitrogens with one attached hydrogen (secondary N) is 4. The molecule has 4 amide bonds. The van der Waals surface area contributed by atoms with E-state index in [1.165, 1.54) is 0 Å². The van der Waals surface area contributed by atoms with Gasteiger partial charge in [0.05, 0.1) is 32.4 Å². The highest BCUT2D eigenvalue weighted by molar-refractivity contribution is 5.98. The Labute approximate surface area is 308 Å².